The highest BCUT2D eigenvalue weighted by Crippen LogP contribution is 2.34. The largest absolute Gasteiger partial charge is 0.493 e. The first-order valence-corrected chi connectivity index (χ1v) is 6.82. The molecule has 2 heterocycles. The van der Waals surface area contributed by atoms with Gasteiger partial charge in [0.1, 0.15) is 17.4 Å². The average molecular weight is 323 g/mol. The number of halogens is 2. The van der Waals surface area contributed by atoms with Crippen molar-refractivity contribution in [3.8, 4) is 5.75 Å². The van der Waals surface area contributed by atoms with E-state index in [1.807, 2.05) is 12.1 Å². The van der Waals surface area contributed by atoms with Crippen LogP contribution in [-0.4, -0.2) is 11.6 Å². The molecule has 1 unspecified atom stereocenters. The number of pyridine rings is 1. The highest BCUT2D eigenvalue weighted by Gasteiger charge is 2.22. The third-order valence-corrected chi connectivity index (χ3v) is 3.53. The van der Waals surface area contributed by atoms with Crippen LogP contribution in [-0.2, 0) is 0 Å². The van der Waals surface area contributed by atoms with Gasteiger partial charge in [-0.2, -0.15) is 0 Å². The van der Waals surface area contributed by atoms with E-state index in [1.54, 1.807) is 12.3 Å². The number of hydrogen-bond donors (Lipinski definition) is 1. The van der Waals surface area contributed by atoms with Crippen LogP contribution in [0, 0.1) is 5.82 Å². The zero-order chi connectivity index (χ0) is 13.2. The fourth-order valence-corrected chi connectivity index (χ4v) is 2.39. The number of ether oxygens (including phenoxy) is 1. The van der Waals surface area contributed by atoms with E-state index in [9.17, 15) is 4.39 Å². The van der Waals surface area contributed by atoms with Crippen molar-refractivity contribution in [2.75, 3.05) is 11.9 Å². The Morgan fingerprint density at radius 3 is 3.00 bits per heavy atom. The van der Waals surface area contributed by atoms with Crippen molar-refractivity contribution in [1.82, 2.24) is 4.98 Å². The maximum Gasteiger partial charge on any atom is 0.126 e. The van der Waals surface area contributed by atoms with Gasteiger partial charge in [0.05, 0.1) is 12.6 Å². The van der Waals surface area contributed by atoms with E-state index >= 15 is 0 Å². The van der Waals surface area contributed by atoms with E-state index in [4.69, 9.17) is 4.74 Å². The molecule has 0 bridgehead atoms. The predicted octanol–water partition coefficient (Wildman–Crippen LogP) is 3.92. The summed E-state index contributed by atoms with van der Waals surface area (Å²) in [6.07, 6.45) is 2.52. The van der Waals surface area contributed by atoms with Gasteiger partial charge >= 0.3 is 0 Å². The normalized spacial score (nSPS) is 17.5. The van der Waals surface area contributed by atoms with Crippen molar-refractivity contribution >= 4 is 21.7 Å². The Kier molecular flexibility index (Phi) is 3.38. The maximum absolute atomic E-state index is 13.4. The third kappa shape index (κ3) is 2.71. The van der Waals surface area contributed by atoms with Gasteiger partial charge in [0.15, 0.2) is 0 Å². The quantitative estimate of drug-likeness (QED) is 0.910. The second kappa shape index (κ2) is 5.17. The number of benzene rings is 1. The Hall–Kier alpha value is -1.62. The van der Waals surface area contributed by atoms with Gasteiger partial charge in [-0.25, -0.2) is 9.37 Å². The monoisotopic (exact) mass is 322 g/mol. The molecule has 0 amide bonds. The Balaban J connectivity index is 1.87. The summed E-state index contributed by atoms with van der Waals surface area (Å²) in [5.74, 6) is 1.26. The summed E-state index contributed by atoms with van der Waals surface area (Å²) >= 11 is 3.35. The van der Waals surface area contributed by atoms with Crippen LogP contribution in [0.25, 0.3) is 0 Å². The molecule has 2 aromatic rings. The van der Waals surface area contributed by atoms with Gasteiger partial charge in [-0.1, -0.05) is 0 Å². The second-order valence-electron chi connectivity index (χ2n) is 4.38. The third-order valence-electron chi connectivity index (χ3n) is 3.06. The van der Waals surface area contributed by atoms with Gasteiger partial charge in [-0.05, 0) is 46.3 Å². The molecule has 0 fully saturated rings. The van der Waals surface area contributed by atoms with Crippen LogP contribution >= 0.6 is 15.9 Å². The van der Waals surface area contributed by atoms with Crippen LogP contribution in [0.1, 0.15) is 18.0 Å². The van der Waals surface area contributed by atoms with Crippen molar-refractivity contribution in [2.45, 2.75) is 12.5 Å². The van der Waals surface area contributed by atoms with Crippen LogP contribution in [0.2, 0.25) is 0 Å². The minimum absolute atomic E-state index is 0.0214. The first-order valence-electron chi connectivity index (χ1n) is 6.03. The molecule has 1 N–H and O–H groups in total. The van der Waals surface area contributed by atoms with Crippen LogP contribution < -0.4 is 10.1 Å². The first kappa shape index (κ1) is 12.4. The van der Waals surface area contributed by atoms with Crippen molar-refractivity contribution in [3.05, 3.63) is 52.4 Å². The molecule has 1 aromatic heterocycles. The van der Waals surface area contributed by atoms with E-state index in [2.05, 4.69) is 26.2 Å². The number of nitrogens with one attached hydrogen (secondary N) is 1. The van der Waals surface area contributed by atoms with Crippen LogP contribution in [0.3, 0.4) is 0 Å². The van der Waals surface area contributed by atoms with Gasteiger partial charge in [0, 0.05) is 22.7 Å². The number of rotatable bonds is 2. The smallest absolute Gasteiger partial charge is 0.126 e. The molecule has 0 saturated carbocycles. The van der Waals surface area contributed by atoms with Crippen molar-refractivity contribution in [1.29, 1.82) is 0 Å². The summed E-state index contributed by atoms with van der Waals surface area (Å²) in [6.45, 7) is 0.618. The van der Waals surface area contributed by atoms with Crippen LogP contribution in [0.5, 0.6) is 5.75 Å². The summed E-state index contributed by atoms with van der Waals surface area (Å²) in [5.41, 5.74) is 0.843. The van der Waals surface area contributed by atoms with Gasteiger partial charge < -0.3 is 10.1 Å². The number of hydrogen-bond acceptors (Lipinski definition) is 3. The lowest BCUT2D eigenvalue weighted by molar-refractivity contribution is 0.273. The summed E-state index contributed by atoms with van der Waals surface area (Å²) in [7, 11) is 0. The summed E-state index contributed by atoms with van der Waals surface area (Å²) in [6, 6.07) is 8.44. The topological polar surface area (TPSA) is 34.2 Å². The predicted molar refractivity (Wildman–Crippen MR) is 74.8 cm³/mol. The average Bonchev–Trinajstić information content (AvgIpc) is 2.42. The molecule has 0 saturated heterocycles. The van der Waals surface area contributed by atoms with E-state index < -0.39 is 0 Å². The van der Waals surface area contributed by atoms with Gasteiger partial charge in [-0.15, -0.1) is 0 Å². The lowest BCUT2D eigenvalue weighted by Gasteiger charge is -2.27. The Morgan fingerprint density at radius 2 is 2.21 bits per heavy atom. The van der Waals surface area contributed by atoms with Crippen molar-refractivity contribution in [3.63, 3.8) is 0 Å². The van der Waals surface area contributed by atoms with E-state index in [0.29, 0.717) is 6.61 Å². The molecule has 3 rings (SSSR count). The van der Waals surface area contributed by atoms with Crippen LogP contribution in [0.15, 0.2) is 41.0 Å². The van der Waals surface area contributed by atoms with Crippen molar-refractivity contribution < 1.29 is 9.13 Å². The second-order valence-corrected chi connectivity index (χ2v) is 5.29. The number of fused-ring (bicyclic) bond motifs is 1. The Morgan fingerprint density at radius 1 is 1.32 bits per heavy atom. The van der Waals surface area contributed by atoms with Crippen molar-refractivity contribution in [2.24, 2.45) is 0 Å². The highest BCUT2D eigenvalue weighted by atomic mass is 79.9. The lowest BCUT2D eigenvalue weighted by Crippen LogP contribution is -2.21. The van der Waals surface area contributed by atoms with E-state index in [0.717, 1.165) is 28.0 Å². The molecule has 5 heteroatoms. The molecular weight excluding hydrogens is 311 g/mol. The van der Waals surface area contributed by atoms with E-state index in [1.165, 1.54) is 12.1 Å². The SMILES string of the molecule is Fc1ccc2c(c1)C(Nc1ccc(Br)cn1)CCO2. The fraction of sp³-hybridized carbons (Fsp3) is 0.214. The molecule has 98 valence electrons. The number of aromatic nitrogens is 1. The zero-order valence-electron chi connectivity index (χ0n) is 10.1. The summed E-state index contributed by atoms with van der Waals surface area (Å²) in [4.78, 5) is 4.28. The van der Waals surface area contributed by atoms with Gasteiger partial charge in [0.25, 0.3) is 0 Å². The Labute approximate surface area is 118 Å². The number of anilines is 1. The maximum atomic E-state index is 13.4. The molecule has 1 aromatic carbocycles. The van der Waals surface area contributed by atoms with Gasteiger partial charge in [0.2, 0.25) is 0 Å². The molecule has 3 nitrogen and oxygen atoms in total. The minimum atomic E-state index is -0.250. The molecule has 1 atom stereocenters. The summed E-state index contributed by atoms with van der Waals surface area (Å²) < 4.78 is 19.8. The fourth-order valence-electron chi connectivity index (χ4n) is 2.15. The molecule has 1 aliphatic rings. The molecule has 0 aliphatic carbocycles. The molecule has 0 spiro atoms. The van der Waals surface area contributed by atoms with Gasteiger partial charge in [-0.3, -0.25) is 0 Å². The highest BCUT2D eigenvalue weighted by molar-refractivity contribution is 9.10. The zero-order valence-corrected chi connectivity index (χ0v) is 11.7. The molecule has 19 heavy (non-hydrogen) atoms. The van der Waals surface area contributed by atoms with E-state index in [-0.39, 0.29) is 11.9 Å². The van der Waals surface area contributed by atoms with Crippen LogP contribution in [0.4, 0.5) is 10.2 Å². The molecular formula is C14H12BrFN2O. The summed E-state index contributed by atoms with van der Waals surface area (Å²) in [5, 5.41) is 3.31. The standard InChI is InChI=1S/C14H12BrFN2O/c15-9-1-4-14(17-8-9)18-12-5-6-19-13-3-2-10(16)7-11(12)13/h1-4,7-8,12H,5-6H2,(H,17,18). The first-order chi connectivity index (χ1) is 9.22. The number of nitrogens with zero attached hydrogens (tertiary/aromatic N) is 1. The Bertz CT molecular complexity index is 588. The molecule has 1 aliphatic heterocycles. The lowest BCUT2D eigenvalue weighted by atomic mass is 10.0. The minimum Gasteiger partial charge on any atom is -0.493 e. The molecule has 0 radical (unpaired) electrons.